The lowest BCUT2D eigenvalue weighted by molar-refractivity contribution is 0.355. The molecule has 0 fully saturated rings. The standard InChI is InChI=1S/C30H32N2O4/c1-33-27-15-23(25(17-29(27)35-3)31-19-21-11-7-5-8-12-21)24-16-28(34-2)30(36-4)18-26(24)32-20-22-13-9-6-10-14-22/h5-18,31-32H,19-20H2,1-4H3. The zero-order valence-electron chi connectivity index (χ0n) is 21.1. The summed E-state index contributed by atoms with van der Waals surface area (Å²) < 4.78 is 22.5. The van der Waals surface area contributed by atoms with E-state index in [9.17, 15) is 0 Å². The lowest BCUT2D eigenvalue weighted by Crippen LogP contribution is -2.05. The third kappa shape index (κ3) is 5.66. The molecule has 0 aromatic heterocycles. The average Bonchev–Trinajstić information content (AvgIpc) is 2.95. The molecular weight excluding hydrogens is 452 g/mol. The molecule has 6 heteroatoms. The summed E-state index contributed by atoms with van der Waals surface area (Å²) in [5.74, 6) is 2.58. The van der Waals surface area contributed by atoms with Crippen molar-refractivity contribution in [3.05, 3.63) is 96.1 Å². The van der Waals surface area contributed by atoms with E-state index in [1.54, 1.807) is 28.4 Å². The Hall–Kier alpha value is -4.32. The maximum atomic E-state index is 5.66. The summed E-state index contributed by atoms with van der Waals surface area (Å²) in [6, 6.07) is 28.4. The molecule has 0 amide bonds. The first kappa shape index (κ1) is 24.8. The summed E-state index contributed by atoms with van der Waals surface area (Å²) in [7, 11) is 6.56. The van der Waals surface area contributed by atoms with E-state index in [-0.39, 0.29) is 0 Å². The highest BCUT2D eigenvalue weighted by Crippen LogP contribution is 2.45. The molecule has 0 spiro atoms. The predicted octanol–water partition coefficient (Wildman–Crippen LogP) is 6.61. The normalized spacial score (nSPS) is 10.4. The third-order valence-corrected chi connectivity index (χ3v) is 5.99. The molecule has 36 heavy (non-hydrogen) atoms. The highest BCUT2D eigenvalue weighted by molar-refractivity contribution is 5.90. The van der Waals surface area contributed by atoms with E-state index in [1.165, 1.54) is 11.1 Å². The Kier molecular flexibility index (Phi) is 8.19. The highest BCUT2D eigenvalue weighted by Gasteiger charge is 2.19. The molecule has 0 aliphatic heterocycles. The summed E-state index contributed by atoms with van der Waals surface area (Å²) in [5.41, 5.74) is 6.05. The average molecular weight is 485 g/mol. The van der Waals surface area contributed by atoms with Crippen molar-refractivity contribution < 1.29 is 18.9 Å². The summed E-state index contributed by atoms with van der Waals surface area (Å²) in [6.07, 6.45) is 0. The molecule has 186 valence electrons. The second-order valence-electron chi connectivity index (χ2n) is 8.18. The zero-order chi connectivity index (χ0) is 25.3. The van der Waals surface area contributed by atoms with Crippen LogP contribution in [0.3, 0.4) is 0 Å². The molecule has 0 saturated carbocycles. The topological polar surface area (TPSA) is 61.0 Å². The molecule has 6 nitrogen and oxygen atoms in total. The van der Waals surface area contributed by atoms with Crippen LogP contribution in [0, 0.1) is 0 Å². The fourth-order valence-electron chi connectivity index (χ4n) is 4.08. The SMILES string of the molecule is COc1cc(NCc2ccccc2)c(-c2cc(OC)c(OC)cc2NCc2ccccc2)cc1OC. The Bertz CT molecular complexity index is 1180. The summed E-state index contributed by atoms with van der Waals surface area (Å²) >= 11 is 0. The van der Waals surface area contributed by atoms with Crippen molar-refractivity contribution in [1.82, 2.24) is 0 Å². The highest BCUT2D eigenvalue weighted by atomic mass is 16.5. The van der Waals surface area contributed by atoms with Crippen molar-refractivity contribution in [2.45, 2.75) is 13.1 Å². The van der Waals surface area contributed by atoms with Gasteiger partial charge in [0.05, 0.1) is 28.4 Å². The Morgan fingerprint density at radius 3 is 1.14 bits per heavy atom. The van der Waals surface area contributed by atoms with Crippen LogP contribution in [0.15, 0.2) is 84.9 Å². The number of benzene rings is 4. The van der Waals surface area contributed by atoms with Gasteiger partial charge in [-0.3, -0.25) is 0 Å². The van der Waals surface area contributed by atoms with Gasteiger partial charge in [0, 0.05) is 47.7 Å². The van der Waals surface area contributed by atoms with Gasteiger partial charge >= 0.3 is 0 Å². The Morgan fingerprint density at radius 1 is 0.472 bits per heavy atom. The van der Waals surface area contributed by atoms with Crippen molar-refractivity contribution in [2.75, 3.05) is 39.1 Å². The number of anilines is 2. The van der Waals surface area contributed by atoms with E-state index in [0.29, 0.717) is 36.1 Å². The molecule has 0 aliphatic rings. The third-order valence-electron chi connectivity index (χ3n) is 5.99. The maximum Gasteiger partial charge on any atom is 0.162 e. The quantitative estimate of drug-likeness (QED) is 0.250. The number of rotatable bonds is 11. The van der Waals surface area contributed by atoms with Crippen molar-refractivity contribution in [2.24, 2.45) is 0 Å². The fraction of sp³-hybridized carbons (Fsp3) is 0.200. The number of hydrogen-bond acceptors (Lipinski definition) is 6. The molecule has 0 aliphatic carbocycles. The van der Waals surface area contributed by atoms with Crippen LogP contribution in [0.25, 0.3) is 11.1 Å². The smallest absolute Gasteiger partial charge is 0.162 e. The van der Waals surface area contributed by atoms with Crippen molar-refractivity contribution >= 4 is 11.4 Å². The van der Waals surface area contributed by atoms with Gasteiger partial charge in [-0.05, 0) is 23.3 Å². The monoisotopic (exact) mass is 484 g/mol. The number of nitrogens with one attached hydrogen (secondary N) is 2. The lowest BCUT2D eigenvalue weighted by Gasteiger charge is -2.21. The van der Waals surface area contributed by atoms with Gasteiger partial charge in [-0.1, -0.05) is 60.7 Å². The summed E-state index contributed by atoms with van der Waals surface area (Å²) in [4.78, 5) is 0. The van der Waals surface area contributed by atoms with E-state index in [0.717, 1.165) is 22.5 Å². The molecule has 0 unspecified atom stereocenters. The largest absolute Gasteiger partial charge is 0.493 e. The molecule has 0 atom stereocenters. The molecule has 4 aromatic carbocycles. The van der Waals surface area contributed by atoms with Crippen LogP contribution in [-0.4, -0.2) is 28.4 Å². The molecule has 0 heterocycles. The number of ether oxygens (including phenoxy) is 4. The first-order chi connectivity index (χ1) is 17.7. The van der Waals surface area contributed by atoms with Gasteiger partial charge < -0.3 is 29.6 Å². The van der Waals surface area contributed by atoms with Gasteiger partial charge in [-0.2, -0.15) is 0 Å². The van der Waals surface area contributed by atoms with Crippen LogP contribution < -0.4 is 29.6 Å². The Balaban J connectivity index is 1.81. The van der Waals surface area contributed by atoms with Gasteiger partial charge in [0.25, 0.3) is 0 Å². The minimum absolute atomic E-state index is 0.640. The first-order valence-electron chi connectivity index (χ1n) is 11.7. The van der Waals surface area contributed by atoms with Gasteiger partial charge in [-0.25, -0.2) is 0 Å². The van der Waals surface area contributed by atoms with Crippen LogP contribution in [-0.2, 0) is 13.1 Å². The van der Waals surface area contributed by atoms with Gasteiger partial charge in [0.2, 0.25) is 0 Å². The van der Waals surface area contributed by atoms with E-state index >= 15 is 0 Å². The predicted molar refractivity (Wildman–Crippen MR) is 146 cm³/mol. The minimum Gasteiger partial charge on any atom is -0.493 e. The molecule has 0 bridgehead atoms. The van der Waals surface area contributed by atoms with E-state index in [4.69, 9.17) is 18.9 Å². The zero-order valence-corrected chi connectivity index (χ0v) is 21.1. The van der Waals surface area contributed by atoms with Crippen LogP contribution >= 0.6 is 0 Å². The molecule has 0 saturated heterocycles. The van der Waals surface area contributed by atoms with E-state index in [1.807, 2.05) is 60.7 Å². The van der Waals surface area contributed by atoms with Crippen LogP contribution in [0.1, 0.15) is 11.1 Å². The van der Waals surface area contributed by atoms with E-state index < -0.39 is 0 Å². The first-order valence-corrected chi connectivity index (χ1v) is 11.7. The minimum atomic E-state index is 0.640. The molecular formula is C30H32N2O4. The Morgan fingerprint density at radius 2 is 0.806 bits per heavy atom. The summed E-state index contributed by atoms with van der Waals surface area (Å²) in [6.45, 7) is 1.31. The number of hydrogen-bond donors (Lipinski definition) is 2. The maximum absolute atomic E-state index is 5.66. The molecule has 4 rings (SSSR count). The molecule has 2 N–H and O–H groups in total. The second-order valence-corrected chi connectivity index (χ2v) is 8.18. The van der Waals surface area contributed by atoms with Gasteiger partial charge in [-0.15, -0.1) is 0 Å². The van der Waals surface area contributed by atoms with Crippen LogP contribution in [0.2, 0.25) is 0 Å². The van der Waals surface area contributed by atoms with Crippen LogP contribution in [0.5, 0.6) is 23.0 Å². The van der Waals surface area contributed by atoms with E-state index in [2.05, 4.69) is 34.9 Å². The van der Waals surface area contributed by atoms with Crippen molar-refractivity contribution in [3.8, 4) is 34.1 Å². The fourth-order valence-corrected chi connectivity index (χ4v) is 4.08. The molecule has 4 aromatic rings. The van der Waals surface area contributed by atoms with Crippen molar-refractivity contribution in [1.29, 1.82) is 0 Å². The van der Waals surface area contributed by atoms with Gasteiger partial charge in [0.1, 0.15) is 0 Å². The lowest BCUT2D eigenvalue weighted by atomic mass is 9.99. The second kappa shape index (κ2) is 11.9. The van der Waals surface area contributed by atoms with Crippen LogP contribution in [0.4, 0.5) is 11.4 Å². The van der Waals surface area contributed by atoms with Gasteiger partial charge in [0.15, 0.2) is 23.0 Å². The van der Waals surface area contributed by atoms with Crippen molar-refractivity contribution in [3.63, 3.8) is 0 Å². The molecule has 0 radical (unpaired) electrons. The Labute approximate surface area is 212 Å². The summed E-state index contributed by atoms with van der Waals surface area (Å²) in [5, 5.41) is 7.17. The number of methoxy groups -OCH3 is 4.